The fourth-order valence-corrected chi connectivity index (χ4v) is 9.80. The highest BCUT2D eigenvalue weighted by Crippen LogP contribution is 2.23. The number of hydrogen-bond donors (Lipinski definition) is 16. The number of benzene rings is 3. The summed E-state index contributed by atoms with van der Waals surface area (Å²) in [5, 5.41) is 62.9. The number of aliphatic hydroxyl groups excluding tert-OH is 2. The van der Waals surface area contributed by atoms with Crippen molar-refractivity contribution in [2.75, 3.05) is 26.7 Å². The maximum absolute atomic E-state index is 14.1. The number of aromatic nitrogens is 1. The van der Waals surface area contributed by atoms with Crippen LogP contribution in [0.5, 0.6) is 5.75 Å². The Balaban J connectivity index is 1.27. The van der Waals surface area contributed by atoms with Gasteiger partial charge in [0.1, 0.15) is 54.1 Å². The molecule has 29 heteroatoms. The minimum absolute atomic E-state index is 0.00154. The Hall–Kier alpha value is -9.64. The van der Waals surface area contributed by atoms with Crippen LogP contribution in [0.25, 0.3) is 10.9 Å². The summed E-state index contributed by atoms with van der Waals surface area (Å²) in [6.45, 7) is 4.67. The summed E-state index contributed by atoms with van der Waals surface area (Å²) in [6, 6.07) is 9.44. The van der Waals surface area contributed by atoms with Crippen LogP contribution in [-0.4, -0.2) is 183 Å². The topological polar surface area (TPSA) is 461 Å². The molecule has 2 heterocycles. The van der Waals surface area contributed by atoms with Gasteiger partial charge in [-0.25, -0.2) is 4.79 Å². The summed E-state index contributed by atoms with van der Waals surface area (Å²) in [4.78, 5) is 153. The number of likely N-dealkylation sites (tertiary alicyclic amines) is 1. The van der Waals surface area contributed by atoms with Crippen molar-refractivity contribution in [1.29, 1.82) is 5.41 Å². The number of esters is 1. The Morgan fingerprint density at radius 2 is 1.33 bits per heavy atom. The Morgan fingerprint density at radius 1 is 0.716 bits per heavy atom. The van der Waals surface area contributed by atoms with Crippen LogP contribution in [0.3, 0.4) is 0 Å². The number of aliphatic hydroxyl groups is 2. The molecule has 1 fully saturated rings. The number of nitrogens with zero attached hydrogens (tertiary/aromatic N) is 1. The Morgan fingerprint density at radius 3 is 1.97 bits per heavy atom. The van der Waals surface area contributed by atoms with Crippen LogP contribution in [0.15, 0.2) is 85.1 Å². The van der Waals surface area contributed by atoms with Crippen LogP contribution in [-0.2, 0) is 76.7 Å². The number of ether oxygens (including phenoxy) is 1. The number of fused-ring (bicyclic) bond motifs is 1. The van der Waals surface area contributed by atoms with E-state index in [4.69, 9.17) is 21.6 Å². The number of nitrogens with one attached hydrogen (secondary N) is 11. The van der Waals surface area contributed by atoms with E-state index in [0.717, 1.165) is 22.7 Å². The van der Waals surface area contributed by atoms with Crippen molar-refractivity contribution in [3.05, 3.63) is 102 Å². The number of phenols is 1. The lowest BCUT2D eigenvalue weighted by Gasteiger charge is -2.30. The molecule has 10 atom stereocenters. The number of guanidine groups is 1. The number of β-amino-alcohol motifs (C(OH)–C–C–N with tert-alkyl or cyclic N) is 1. The number of carbonyl (C=O) groups is 11. The number of phenolic OH excluding ortho intramolecular Hbond substituents is 1. The van der Waals surface area contributed by atoms with E-state index < -0.39 is 139 Å². The molecule has 88 heavy (non-hydrogen) atoms. The van der Waals surface area contributed by atoms with Gasteiger partial charge in [0.2, 0.25) is 53.2 Å². The van der Waals surface area contributed by atoms with E-state index in [0.29, 0.717) is 16.7 Å². The molecule has 1 saturated heterocycles. The van der Waals surface area contributed by atoms with E-state index >= 15 is 0 Å². The lowest BCUT2D eigenvalue weighted by atomic mass is 10.0. The minimum Gasteiger partial charge on any atom is -0.508 e. The van der Waals surface area contributed by atoms with Gasteiger partial charge in [-0.3, -0.25) is 53.4 Å². The molecule has 1 aromatic heterocycles. The first-order valence-corrected chi connectivity index (χ1v) is 28.6. The molecule has 3 aromatic carbocycles. The van der Waals surface area contributed by atoms with Gasteiger partial charge in [0.25, 0.3) is 5.91 Å². The molecule has 0 aliphatic carbocycles. The normalized spacial score (nSPS) is 16.4. The first-order chi connectivity index (χ1) is 41.7. The summed E-state index contributed by atoms with van der Waals surface area (Å²) in [7, 11) is 1.54. The molecule has 29 nitrogen and oxygen atoms in total. The smallest absolute Gasteiger partial charge is 0.329 e. The van der Waals surface area contributed by atoms with E-state index in [-0.39, 0.29) is 75.7 Å². The predicted molar refractivity (Wildman–Crippen MR) is 318 cm³/mol. The summed E-state index contributed by atoms with van der Waals surface area (Å²) >= 11 is 0. The fourth-order valence-electron chi connectivity index (χ4n) is 9.80. The van der Waals surface area contributed by atoms with Crippen molar-refractivity contribution >= 4 is 81.9 Å². The van der Waals surface area contributed by atoms with Crippen LogP contribution in [0.2, 0.25) is 0 Å². The van der Waals surface area contributed by atoms with Crippen LogP contribution in [0.1, 0.15) is 76.5 Å². The number of hydrogen-bond acceptors (Lipinski definition) is 16. The second-order valence-electron chi connectivity index (χ2n) is 21.9. The lowest BCUT2D eigenvalue weighted by Crippen LogP contribution is -2.61. The number of H-pyrrole nitrogens is 1. The molecule has 1 aliphatic heterocycles. The number of aromatic hydroxyl groups is 1. The maximum atomic E-state index is 14.1. The number of rotatable bonds is 32. The molecule has 4 aromatic rings. The number of nitrogens with two attached hydrogens (primary N) is 2. The van der Waals surface area contributed by atoms with Crippen molar-refractivity contribution in [1.82, 2.24) is 57.7 Å². The van der Waals surface area contributed by atoms with Crippen molar-refractivity contribution < 1.29 is 72.8 Å². The van der Waals surface area contributed by atoms with Crippen LogP contribution in [0.4, 0.5) is 0 Å². The number of primary amides is 2. The lowest BCUT2D eigenvalue weighted by molar-refractivity contribution is -0.152. The van der Waals surface area contributed by atoms with Crippen molar-refractivity contribution in [2.24, 2.45) is 17.4 Å². The molecule has 0 radical (unpaired) electrons. The van der Waals surface area contributed by atoms with Crippen molar-refractivity contribution in [3.63, 3.8) is 0 Å². The first kappa shape index (κ1) is 69.1. The van der Waals surface area contributed by atoms with Gasteiger partial charge >= 0.3 is 5.97 Å². The second kappa shape index (κ2) is 33.3. The second-order valence-corrected chi connectivity index (χ2v) is 21.9. The molecule has 0 unspecified atom stereocenters. The predicted octanol–water partition coefficient (Wildman–Crippen LogP) is -2.87. The standard InChI is InChI=1S/C59H80N14O15/c1-31(2)22-43(53(82)68-41(16-11-21-64-59(62)63-5)52(81)69-42(51(61)80)25-36-28-65-40-15-10-9-14-39(36)40)67-49(79)30-88-58(87)46(24-34-12-7-6-8-13-34)71-56(85)50(32(3)74)72-54(83)44(27-48(60)78)70-55(84)47-26-38(77)29-73(47)57(86)45(66-33(4)75)23-35-17-19-37(76)20-18-35/h6-10,12-15,17-20,28,31-32,38,41-47,50,65,74,76-77H,11,16,21-27,29-30H2,1-5H3,(H2,60,78)(H2,61,80)(H,66,75)(H,67,79)(H,68,82)(H,69,81)(H,70,84)(H,71,85)(H,72,83)(H3,62,63,64)/t32-,38-,41+,42+,43+,44+,45-,46+,47+,50+/m1/s1. The third kappa shape index (κ3) is 21.4. The maximum Gasteiger partial charge on any atom is 0.329 e. The highest BCUT2D eigenvalue weighted by molar-refractivity contribution is 5.99. The molecule has 1 aliphatic rings. The van der Waals surface area contributed by atoms with E-state index in [1.54, 1.807) is 50.4 Å². The molecular formula is C59H80N14O15. The molecule has 0 saturated carbocycles. The first-order valence-electron chi connectivity index (χ1n) is 28.6. The zero-order valence-electron chi connectivity index (χ0n) is 49.6. The zero-order valence-corrected chi connectivity index (χ0v) is 49.6. The van der Waals surface area contributed by atoms with E-state index in [9.17, 15) is 68.1 Å². The van der Waals surface area contributed by atoms with E-state index in [2.05, 4.69) is 52.8 Å². The van der Waals surface area contributed by atoms with Crippen LogP contribution >= 0.6 is 0 Å². The Bertz CT molecular complexity index is 3120. The molecule has 10 amide bonds. The monoisotopic (exact) mass is 1220 g/mol. The van der Waals surface area contributed by atoms with E-state index in [1.807, 2.05) is 24.3 Å². The van der Waals surface area contributed by atoms with Crippen LogP contribution in [0, 0.1) is 11.3 Å². The van der Waals surface area contributed by atoms with Crippen LogP contribution < -0.4 is 59.3 Å². The molecular weight excluding hydrogens is 1140 g/mol. The average molecular weight is 1230 g/mol. The number of para-hydroxylation sites is 1. The minimum atomic E-state index is -1.90. The number of aromatic amines is 1. The molecule has 0 spiro atoms. The molecule has 5 rings (SSSR count). The van der Waals surface area contributed by atoms with Crippen molar-refractivity contribution in [2.45, 2.75) is 140 Å². The number of amides is 10. The summed E-state index contributed by atoms with van der Waals surface area (Å²) < 4.78 is 5.41. The third-order valence-electron chi connectivity index (χ3n) is 14.2. The molecule has 18 N–H and O–H groups in total. The summed E-state index contributed by atoms with van der Waals surface area (Å²) in [6.07, 6.45) is -2.52. The third-order valence-corrected chi connectivity index (χ3v) is 14.2. The molecule has 0 bridgehead atoms. The summed E-state index contributed by atoms with van der Waals surface area (Å²) in [5.74, 6) is -10.7. The van der Waals surface area contributed by atoms with Gasteiger partial charge < -0.3 is 89.3 Å². The SMILES string of the molecule is CNC(=N)NCCC[C@H](NC(=O)[C@H](CC(C)C)NC(=O)COC(=O)[C@H](Cc1ccccc1)NC(=O)[C@@H](NC(=O)[C@H](CC(N)=O)NC(=O)[C@@H]1C[C@@H](O)CN1C(=O)[C@@H](Cc1ccc(O)cc1)NC(C)=O)[C@@H](C)O)C(=O)N[C@@H](Cc1c[nH]c2ccccc12)C(N)=O. The largest absolute Gasteiger partial charge is 0.508 e. The quantitative estimate of drug-likeness (QED) is 0.0101. The molecule has 476 valence electrons. The average Bonchev–Trinajstić information content (AvgIpc) is 2.76. The highest BCUT2D eigenvalue weighted by Gasteiger charge is 2.43. The van der Waals surface area contributed by atoms with Gasteiger partial charge in [-0.2, -0.15) is 0 Å². The van der Waals surface area contributed by atoms with Gasteiger partial charge in [-0.1, -0.05) is 74.5 Å². The van der Waals surface area contributed by atoms with Crippen molar-refractivity contribution in [3.8, 4) is 5.75 Å². The summed E-state index contributed by atoms with van der Waals surface area (Å²) in [5.41, 5.74) is 13.8. The van der Waals surface area contributed by atoms with Gasteiger partial charge in [-0.15, -0.1) is 0 Å². The van der Waals surface area contributed by atoms with Gasteiger partial charge in [0, 0.05) is 69.8 Å². The highest BCUT2D eigenvalue weighted by atomic mass is 16.5. The fraction of sp³-hybridized carbons (Fsp3) is 0.458. The van der Waals surface area contributed by atoms with E-state index in [1.165, 1.54) is 38.2 Å². The number of carbonyl (C=O) groups excluding carboxylic acids is 11. The Labute approximate surface area is 507 Å². The Kier molecular flexibility index (Phi) is 26.2. The van der Waals surface area contributed by atoms with Gasteiger partial charge in [0.05, 0.1) is 18.6 Å². The van der Waals surface area contributed by atoms with Gasteiger partial charge in [0.15, 0.2) is 12.6 Å². The zero-order chi connectivity index (χ0) is 64.8. The van der Waals surface area contributed by atoms with Gasteiger partial charge in [-0.05, 0) is 67.0 Å².